The van der Waals surface area contributed by atoms with Crippen molar-refractivity contribution in [3.8, 4) is 5.75 Å². The Morgan fingerprint density at radius 2 is 1.82 bits per heavy atom. The summed E-state index contributed by atoms with van der Waals surface area (Å²) in [5, 5.41) is 27.4. The summed E-state index contributed by atoms with van der Waals surface area (Å²) < 4.78 is 1.97. The van der Waals surface area contributed by atoms with Gasteiger partial charge in [0.25, 0.3) is 0 Å². The van der Waals surface area contributed by atoms with Gasteiger partial charge < -0.3 is 25.4 Å². The number of fused-ring (bicyclic) bond motifs is 1. The summed E-state index contributed by atoms with van der Waals surface area (Å²) >= 11 is 6.05. The van der Waals surface area contributed by atoms with Crippen LogP contribution in [0.15, 0.2) is 54.9 Å². The van der Waals surface area contributed by atoms with E-state index in [1.807, 2.05) is 29.7 Å². The van der Waals surface area contributed by atoms with Gasteiger partial charge in [-0.25, -0.2) is 4.98 Å². The van der Waals surface area contributed by atoms with Gasteiger partial charge in [-0.2, -0.15) is 9.97 Å². The number of anilines is 2. The van der Waals surface area contributed by atoms with Crippen molar-refractivity contribution >= 4 is 34.5 Å². The van der Waals surface area contributed by atoms with Crippen LogP contribution in [0.4, 0.5) is 11.8 Å². The summed E-state index contributed by atoms with van der Waals surface area (Å²) in [5.41, 5.74) is 2.24. The largest absolute Gasteiger partial charge is 0.506 e. The van der Waals surface area contributed by atoms with Crippen molar-refractivity contribution in [2.24, 2.45) is 5.92 Å². The maximum absolute atomic E-state index is 10.3. The number of hydrogen-bond donors (Lipinski definition) is 4. The van der Waals surface area contributed by atoms with E-state index in [0.717, 1.165) is 5.56 Å². The standard InChI is InChI=1S/C25H29ClN6O2/c1-16(25(2,3)34)12-28-24-30-22(27-13-18-10-7-11-19(26)21(18)33)20-23(31-24)32(15-29-20)14-17-8-5-4-6-9-17/h4-11,15-16,33-34H,12-14H2,1-3H3,(H2,27,28,30,31). The molecule has 34 heavy (non-hydrogen) atoms. The molecule has 2 aromatic heterocycles. The highest BCUT2D eigenvalue weighted by atomic mass is 35.5. The number of aromatic hydroxyl groups is 1. The van der Waals surface area contributed by atoms with Crippen LogP contribution in [0, 0.1) is 5.92 Å². The fraction of sp³-hybridized carbons (Fsp3) is 0.320. The van der Waals surface area contributed by atoms with Crippen molar-refractivity contribution in [3.63, 3.8) is 0 Å². The highest BCUT2D eigenvalue weighted by molar-refractivity contribution is 6.32. The fourth-order valence-electron chi connectivity index (χ4n) is 3.42. The minimum Gasteiger partial charge on any atom is -0.506 e. The number of aliphatic hydroxyl groups is 1. The molecule has 8 nitrogen and oxygen atoms in total. The molecule has 2 aromatic carbocycles. The van der Waals surface area contributed by atoms with Crippen LogP contribution < -0.4 is 10.6 Å². The summed E-state index contributed by atoms with van der Waals surface area (Å²) in [6, 6.07) is 15.3. The molecule has 4 N–H and O–H groups in total. The molecule has 178 valence electrons. The lowest BCUT2D eigenvalue weighted by Gasteiger charge is -2.26. The topological polar surface area (TPSA) is 108 Å². The normalized spacial score (nSPS) is 12.6. The maximum Gasteiger partial charge on any atom is 0.226 e. The van der Waals surface area contributed by atoms with Crippen LogP contribution in [0.2, 0.25) is 5.02 Å². The first kappa shape index (κ1) is 23.8. The zero-order valence-corrected chi connectivity index (χ0v) is 20.2. The molecular formula is C25H29ClN6O2. The second-order valence-corrected chi connectivity index (χ2v) is 9.37. The molecule has 0 aliphatic heterocycles. The van der Waals surface area contributed by atoms with Crippen molar-refractivity contribution in [1.82, 2.24) is 19.5 Å². The summed E-state index contributed by atoms with van der Waals surface area (Å²) in [4.78, 5) is 13.9. The minimum absolute atomic E-state index is 0.0270. The van der Waals surface area contributed by atoms with E-state index >= 15 is 0 Å². The van der Waals surface area contributed by atoms with Crippen molar-refractivity contribution in [1.29, 1.82) is 0 Å². The first-order valence-corrected chi connectivity index (χ1v) is 11.5. The first-order chi connectivity index (χ1) is 16.2. The fourth-order valence-corrected chi connectivity index (χ4v) is 3.61. The lowest BCUT2D eigenvalue weighted by molar-refractivity contribution is 0.0303. The monoisotopic (exact) mass is 480 g/mol. The van der Waals surface area contributed by atoms with E-state index in [0.29, 0.717) is 53.2 Å². The Balaban J connectivity index is 1.66. The molecule has 0 aliphatic carbocycles. The predicted molar refractivity (Wildman–Crippen MR) is 135 cm³/mol. The lowest BCUT2D eigenvalue weighted by atomic mass is 9.93. The van der Waals surface area contributed by atoms with E-state index in [1.165, 1.54) is 0 Å². The van der Waals surface area contributed by atoms with Crippen LogP contribution in [-0.2, 0) is 13.1 Å². The molecule has 1 atom stereocenters. The van der Waals surface area contributed by atoms with Gasteiger partial charge in [-0.3, -0.25) is 0 Å². The van der Waals surface area contributed by atoms with Crippen molar-refractivity contribution in [3.05, 3.63) is 71.0 Å². The number of nitrogens with one attached hydrogen (secondary N) is 2. The van der Waals surface area contributed by atoms with Crippen LogP contribution >= 0.6 is 11.6 Å². The van der Waals surface area contributed by atoms with Gasteiger partial charge in [-0.05, 0) is 25.5 Å². The molecule has 4 aromatic rings. The van der Waals surface area contributed by atoms with E-state index < -0.39 is 5.60 Å². The summed E-state index contributed by atoms with van der Waals surface area (Å²) in [6.07, 6.45) is 1.75. The number of rotatable bonds is 9. The van der Waals surface area contributed by atoms with Gasteiger partial charge in [0.2, 0.25) is 5.95 Å². The number of nitrogens with zero attached hydrogens (tertiary/aromatic N) is 4. The number of benzene rings is 2. The molecule has 0 fully saturated rings. The molecule has 0 radical (unpaired) electrons. The predicted octanol–water partition coefficient (Wildman–Crippen LogP) is 4.66. The SMILES string of the molecule is CC(CNc1nc(NCc2cccc(Cl)c2O)c2ncn(Cc3ccccc3)c2n1)C(C)(C)O. The molecule has 0 saturated heterocycles. The van der Waals surface area contributed by atoms with Crippen molar-refractivity contribution in [2.45, 2.75) is 39.5 Å². The number of hydrogen-bond acceptors (Lipinski definition) is 7. The third-order valence-electron chi connectivity index (χ3n) is 5.95. The molecule has 0 amide bonds. The molecular weight excluding hydrogens is 452 g/mol. The van der Waals surface area contributed by atoms with Crippen LogP contribution in [-0.4, -0.2) is 41.9 Å². The van der Waals surface area contributed by atoms with E-state index in [-0.39, 0.29) is 11.7 Å². The van der Waals surface area contributed by atoms with Gasteiger partial charge in [0.15, 0.2) is 17.0 Å². The quantitative estimate of drug-likeness (QED) is 0.276. The highest BCUT2D eigenvalue weighted by Crippen LogP contribution is 2.29. The Bertz CT molecular complexity index is 1270. The Labute approximate surface area is 203 Å². The summed E-state index contributed by atoms with van der Waals surface area (Å²) in [6.45, 7) is 6.94. The van der Waals surface area contributed by atoms with Crippen LogP contribution in [0.5, 0.6) is 5.75 Å². The van der Waals surface area contributed by atoms with Crippen LogP contribution in [0.25, 0.3) is 11.2 Å². The van der Waals surface area contributed by atoms with Gasteiger partial charge in [0.05, 0.1) is 23.5 Å². The number of aromatic nitrogens is 4. The van der Waals surface area contributed by atoms with Gasteiger partial charge in [-0.1, -0.05) is 61.0 Å². The first-order valence-electron chi connectivity index (χ1n) is 11.2. The average molecular weight is 481 g/mol. The number of para-hydroxylation sites is 1. The lowest BCUT2D eigenvalue weighted by Crippen LogP contribution is -2.33. The number of phenolic OH excluding ortho intramolecular Hbond substituents is 1. The number of imidazole rings is 1. The smallest absolute Gasteiger partial charge is 0.226 e. The molecule has 0 bridgehead atoms. The Kier molecular flexibility index (Phi) is 6.90. The Hall–Kier alpha value is -3.36. The van der Waals surface area contributed by atoms with Crippen molar-refractivity contribution < 1.29 is 10.2 Å². The van der Waals surface area contributed by atoms with E-state index in [9.17, 15) is 10.2 Å². The zero-order chi connectivity index (χ0) is 24.3. The molecule has 4 rings (SSSR count). The zero-order valence-electron chi connectivity index (χ0n) is 19.5. The highest BCUT2D eigenvalue weighted by Gasteiger charge is 2.23. The Morgan fingerprint density at radius 3 is 2.56 bits per heavy atom. The van der Waals surface area contributed by atoms with Gasteiger partial charge in [0.1, 0.15) is 5.75 Å². The van der Waals surface area contributed by atoms with Crippen LogP contribution in [0.1, 0.15) is 31.9 Å². The third kappa shape index (κ3) is 5.40. The van der Waals surface area contributed by atoms with E-state index in [4.69, 9.17) is 16.6 Å². The molecule has 9 heteroatoms. The molecule has 0 spiro atoms. The Morgan fingerprint density at radius 1 is 1.06 bits per heavy atom. The van der Waals surface area contributed by atoms with Crippen LogP contribution in [0.3, 0.4) is 0 Å². The van der Waals surface area contributed by atoms with E-state index in [2.05, 4.69) is 32.7 Å². The third-order valence-corrected chi connectivity index (χ3v) is 6.25. The molecule has 1 unspecified atom stereocenters. The number of phenols is 1. The minimum atomic E-state index is -0.836. The maximum atomic E-state index is 10.3. The van der Waals surface area contributed by atoms with E-state index in [1.54, 1.807) is 38.4 Å². The number of halogens is 1. The van der Waals surface area contributed by atoms with Gasteiger partial charge in [-0.15, -0.1) is 0 Å². The average Bonchev–Trinajstić information content (AvgIpc) is 3.21. The second kappa shape index (κ2) is 9.87. The molecule has 0 aliphatic rings. The molecule has 0 saturated carbocycles. The van der Waals surface area contributed by atoms with Crippen molar-refractivity contribution in [2.75, 3.05) is 17.2 Å². The molecule has 2 heterocycles. The van der Waals surface area contributed by atoms with Gasteiger partial charge >= 0.3 is 0 Å². The van der Waals surface area contributed by atoms with Gasteiger partial charge in [0, 0.05) is 24.6 Å². The summed E-state index contributed by atoms with van der Waals surface area (Å²) in [5.74, 6) is 0.973. The second-order valence-electron chi connectivity index (χ2n) is 8.96. The summed E-state index contributed by atoms with van der Waals surface area (Å²) in [7, 11) is 0.